The third kappa shape index (κ3) is 1.92. The Morgan fingerprint density at radius 3 is 2.50 bits per heavy atom. The summed E-state index contributed by atoms with van der Waals surface area (Å²) in [7, 11) is -3.36. The second-order valence-corrected chi connectivity index (χ2v) is 5.24. The molecule has 0 unspecified atom stereocenters. The van der Waals surface area contributed by atoms with Crippen LogP contribution in [0.25, 0.3) is 0 Å². The molecule has 0 radical (unpaired) electrons. The van der Waals surface area contributed by atoms with Crippen LogP contribution in [-0.2, 0) is 9.84 Å². The molecule has 0 bridgehead atoms. The van der Waals surface area contributed by atoms with Gasteiger partial charge in [0.25, 0.3) is 5.78 Å². The van der Waals surface area contributed by atoms with Gasteiger partial charge in [0.15, 0.2) is 21.4 Å². The van der Waals surface area contributed by atoms with Gasteiger partial charge in [-0.3, -0.25) is 4.79 Å². The van der Waals surface area contributed by atoms with Crippen LogP contribution in [0.1, 0.15) is 16.3 Å². The highest BCUT2D eigenvalue weighted by Gasteiger charge is 2.19. The molecule has 0 aromatic carbocycles. The van der Waals surface area contributed by atoms with Crippen molar-refractivity contribution in [1.29, 1.82) is 0 Å². The summed E-state index contributed by atoms with van der Waals surface area (Å²) in [6.45, 7) is 0. The highest BCUT2D eigenvalue weighted by molar-refractivity contribution is 7.90. The third-order valence-electron chi connectivity index (χ3n) is 1.97. The molecule has 16 heavy (non-hydrogen) atoms. The maximum atomic E-state index is 11.7. The molecule has 2 aromatic rings. The van der Waals surface area contributed by atoms with Gasteiger partial charge in [-0.2, -0.15) is 0 Å². The molecule has 2 heterocycles. The van der Waals surface area contributed by atoms with E-state index in [1.54, 1.807) is 6.07 Å². The monoisotopic (exact) mass is 240 g/mol. The molecule has 0 saturated carbocycles. The summed E-state index contributed by atoms with van der Waals surface area (Å²) in [6, 6.07) is 4.22. The molecule has 0 aliphatic carbocycles. The van der Waals surface area contributed by atoms with E-state index in [1.807, 2.05) is 0 Å². The van der Waals surface area contributed by atoms with Gasteiger partial charge in [-0.05, 0) is 12.1 Å². The summed E-state index contributed by atoms with van der Waals surface area (Å²) in [5, 5.41) is 0. The highest BCUT2D eigenvalue weighted by Crippen LogP contribution is 2.17. The molecule has 0 fully saturated rings. The lowest BCUT2D eigenvalue weighted by atomic mass is 10.2. The number of carbonyl (C=O) groups is 1. The first-order valence-electron chi connectivity index (χ1n) is 4.35. The minimum Gasteiger partial charge on any atom is -0.461 e. The fourth-order valence-corrected chi connectivity index (χ4v) is 1.71. The molecule has 0 N–H and O–H groups in total. The summed E-state index contributed by atoms with van der Waals surface area (Å²) < 4.78 is 32.1. The average Bonchev–Trinajstić information content (AvgIpc) is 2.87. The van der Waals surface area contributed by atoms with E-state index < -0.39 is 15.6 Å². The molecule has 2 aromatic heterocycles. The number of furan rings is 2. The van der Waals surface area contributed by atoms with Crippen LogP contribution in [0.5, 0.6) is 0 Å². The topological polar surface area (TPSA) is 77.5 Å². The van der Waals surface area contributed by atoms with E-state index >= 15 is 0 Å². The van der Waals surface area contributed by atoms with Gasteiger partial charge in [-0.1, -0.05) is 0 Å². The largest absolute Gasteiger partial charge is 0.461 e. The van der Waals surface area contributed by atoms with E-state index in [2.05, 4.69) is 0 Å². The van der Waals surface area contributed by atoms with Crippen molar-refractivity contribution in [3.05, 3.63) is 42.2 Å². The van der Waals surface area contributed by atoms with E-state index in [1.165, 1.54) is 18.4 Å². The molecular weight excluding hydrogens is 232 g/mol. The van der Waals surface area contributed by atoms with Crippen LogP contribution in [0.3, 0.4) is 0 Å². The molecule has 0 saturated heterocycles. The van der Waals surface area contributed by atoms with Crippen molar-refractivity contribution in [3.63, 3.8) is 0 Å². The van der Waals surface area contributed by atoms with Crippen LogP contribution in [0.15, 0.2) is 44.5 Å². The van der Waals surface area contributed by atoms with Crippen molar-refractivity contribution >= 4 is 15.6 Å². The summed E-state index contributed by atoms with van der Waals surface area (Å²) in [4.78, 5) is 11.6. The molecular formula is C10H8O5S. The van der Waals surface area contributed by atoms with Gasteiger partial charge in [-0.15, -0.1) is 0 Å². The van der Waals surface area contributed by atoms with Crippen molar-refractivity contribution in [2.45, 2.75) is 4.90 Å². The molecule has 84 valence electrons. The quantitative estimate of drug-likeness (QED) is 0.760. The van der Waals surface area contributed by atoms with E-state index in [0.29, 0.717) is 0 Å². The summed E-state index contributed by atoms with van der Waals surface area (Å²) in [5.74, 6) is -0.440. The molecule has 0 atom stereocenters. The Labute approximate surface area is 91.6 Å². The van der Waals surface area contributed by atoms with E-state index in [4.69, 9.17) is 8.83 Å². The minimum atomic E-state index is -3.36. The zero-order chi connectivity index (χ0) is 11.8. The second-order valence-electron chi connectivity index (χ2n) is 3.23. The van der Waals surface area contributed by atoms with Crippen molar-refractivity contribution < 1.29 is 22.0 Å². The second kappa shape index (κ2) is 3.64. The Morgan fingerprint density at radius 1 is 1.25 bits per heavy atom. The maximum Gasteiger partial charge on any atom is 0.263 e. The lowest BCUT2D eigenvalue weighted by molar-refractivity contribution is 0.0983. The standard InChI is InChI=1S/C10H8O5S/c1-16(12,13)7-5-9(15-6-7)10(11)8-3-2-4-14-8/h2-6H,1H3. The number of carbonyl (C=O) groups excluding carboxylic acids is 1. The Balaban J connectivity index is 2.37. The first kappa shape index (κ1) is 10.7. The molecule has 6 heteroatoms. The van der Waals surface area contributed by atoms with Crippen molar-refractivity contribution in [3.8, 4) is 0 Å². The molecule has 0 amide bonds. The SMILES string of the molecule is CS(=O)(=O)c1coc(C(=O)c2ccco2)c1. The molecule has 2 rings (SSSR count). The van der Waals surface area contributed by atoms with Crippen molar-refractivity contribution in [2.75, 3.05) is 6.26 Å². The minimum absolute atomic E-state index is 0.0255. The number of sulfone groups is 1. The highest BCUT2D eigenvalue weighted by atomic mass is 32.2. The molecule has 5 nitrogen and oxygen atoms in total. The molecule has 0 spiro atoms. The van der Waals surface area contributed by atoms with Crippen LogP contribution >= 0.6 is 0 Å². The fraction of sp³-hybridized carbons (Fsp3) is 0.100. The Hall–Kier alpha value is -1.82. The van der Waals surface area contributed by atoms with Crippen LogP contribution < -0.4 is 0 Å². The predicted molar refractivity (Wildman–Crippen MR) is 54.0 cm³/mol. The van der Waals surface area contributed by atoms with Gasteiger partial charge in [0, 0.05) is 12.3 Å². The summed E-state index contributed by atoms with van der Waals surface area (Å²) in [6.07, 6.45) is 3.43. The van der Waals surface area contributed by atoms with Gasteiger partial charge >= 0.3 is 0 Å². The normalized spacial score (nSPS) is 11.6. The third-order valence-corrected chi connectivity index (χ3v) is 3.04. The number of rotatable bonds is 3. The summed E-state index contributed by atoms with van der Waals surface area (Å²) in [5.41, 5.74) is 0. The zero-order valence-electron chi connectivity index (χ0n) is 8.34. The van der Waals surface area contributed by atoms with Gasteiger partial charge in [0.05, 0.1) is 6.26 Å². The first-order valence-corrected chi connectivity index (χ1v) is 6.24. The molecule has 0 aliphatic heterocycles. The lowest BCUT2D eigenvalue weighted by Gasteiger charge is -1.90. The van der Waals surface area contributed by atoms with E-state index in [-0.39, 0.29) is 16.4 Å². The van der Waals surface area contributed by atoms with E-state index in [9.17, 15) is 13.2 Å². The Kier molecular flexibility index (Phi) is 2.43. The van der Waals surface area contributed by atoms with Gasteiger partial charge in [0.1, 0.15) is 11.2 Å². The lowest BCUT2D eigenvalue weighted by Crippen LogP contribution is -1.98. The Morgan fingerprint density at radius 2 is 2.00 bits per heavy atom. The molecule has 0 aliphatic rings. The van der Waals surface area contributed by atoms with Crippen LogP contribution in [0, 0.1) is 0 Å². The fourth-order valence-electron chi connectivity index (χ4n) is 1.16. The predicted octanol–water partition coefficient (Wildman–Crippen LogP) is 1.51. The van der Waals surface area contributed by atoms with Crippen molar-refractivity contribution in [2.24, 2.45) is 0 Å². The van der Waals surface area contributed by atoms with Gasteiger partial charge in [0.2, 0.25) is 0 Å². The average molecular weight is 240 g/mol. The van der Waals surface area contributed by atoms with Crippen LogP contribution in [-0.4, -0.2) is 20.5 Å². The number of ketones is 1. The van der Waals surface area contributed by atoms with Crippen LogP contribution in [0.2, 0.25) is 0 Å². The van der Waals surface area contributed by atoms with Crippen LogP contribution in [0.4, 0.5) is 0 Å². The van der Waals surface area contributed by atoms with E-state index in [0.717, 1.165) is 12.5 Å². The number of hydrogen-bond donors (Lipinski definition) is 0. The Bertz CT molecular complexity index is 603. The zero-order valence-corrected chi connectivity index (χ0v) is 9.15. The first-order chi connectivity index (χ1) is 7.48. The maximum absolute atomic E-state index is 11.7. The van der Waals surface area contributed by atoms with Gasteiger partial charge < -0.3 is 8.83 Å². The number of hydrogen-bond acceptors (Lipinski definition) is 5. The summed E-state index contributed by atoms with van der Waals surface area (Å²) >= 11 is 0. The van der Waals surface area contributed by atoms with Crippen molar-refractivity contribution in [1.82, 2.24) is 0 Å². The van der Waals surface area contributed by atoms with Gasteiger partial charge in [-0.25, -0.2) is 8.42 Å². The smallest absolute Gasteiger partial charge is 0.263 e.